The zero-order valence-corrected chi connectivity index (χ0v) is 20.4. The molecule has 1 amide bonds. The first-order valence-corrected chi connectivity index (χ1v) is 11.6. The first-order chi connectivity index (χ1) is 17.6. The van der Waals surface area contributed by atoms with Crippen molar-refractivity contribution in [3.05, 3.63) is 83.8 Å². The number of fused-ring (bicyclic) bond motifs is 2. The molecule has 0 bridgehead atoms. The predicted octanol–water partition coefficient (Wildman–Crippen LogP) is 4.47. The molecule has 36 heavy (non-hydrogen) atoms. The molecular formula is C28H27N3O5. The minimum Gasteiger partial charge on any atom is -0.497 e. The van der Waals surface area contributed by atoms with Crippen LogP contribution in [0, 0.1) is 0 Å². The van der Waals surface area contributed by atoms with E-state index in [1.807, 2.05) is 53.4 Å². The van der Waals surface area contributed by atoms with Crippen LogP contribution in [0.5, 0.6) is 23.0 Å². The highest BCUT2D eigenvalue weighted by Gasteiger charge is 2.34. The normalized spacial score (nSPS) is 14.8. The van der Waals surface area contributed by atoms with Crippen LogP contribution in [0.1, 0.15) is 27.7 Å². The Morgan fingerprint density at radius 1 is 0.917 bits per heavy atom. The van der Waals surface area contributed by atoms with Gasteiger partial charge < -0.3 is 23.8 Å². The second kappa shape index (κ2) is 10.1. The van der Waals surface area contributed by atoms with Gasteiger partial charge in [-0.05, 0) is 72.1 Å². The molecule has 0 saturated heterocycles. The molecular weight excluding hydrogens is 458 g/mol. The molecule has 8 nitrogen and oxygen atoms in total. The Bertz CT molecular complexity index is 1380. The van der Waals surface area contributed by atoms with Gasteiger partial charge in [0, 0.05) is 24.3 Å². The van der Waals surface area contributed by atoms with E-state index in [0.29, 0.717) is 35.9 Å². The number of ether oxygens (including phenoxy) is 4. The number of nitrogens with zero attached hydrogens (tertiary/aromatic N) is 3. The van der Waals surface area contributed by atoms with Gasteiger partial charge in [0.1, 0.15) is 23.8 Å². The van der Waals surface area contributed by atoms with Crippen molar-refractivity contribution in [1.29, 1.82) is 0 Å². The minimum atomic E-state index is -0.364. The molecule has 1 atom stereocenters. The number of hydrogen-bond acceptors (Lipinski definition) is 7. The molecule has 4 aromatic rings. The average Bonchev–Trinajstić information content (AvgIpc) is 2.94. The standard InChI is InChI=1S/C28H27N3O5/c1-33-19-6-8-20(9-7-19)36-17-24-22-16-26(35-3)25(34-2)15-18(22)11-14-31(24)28(32)27-21-5-4-12-29-23(21)10-13-30-27/h4-10,12-13,15-16,24H,11,14,17H2,1-3H3. The fraction of sp³-hybridized carbons (Fsp3) is 0.250. The lowest BCUT2D eigenvalue weighted by atomic mass is 9.91. The van der Waals surface area contributed by atoms with Gasteiger partial charge in [0.05, 0.1) is 32.9 Å². The van der Waals surface area contributed by atoms with E-state index in [1.165, 1.54) is 0 Å². The molecule has 0 saturated carbocycles. The van der Waals surface area contributed by atoms with E-state index in [2.05, 4.69) is 9.97 Å². The lowest BCUT2D eigenvalue weighted by Crippen LogP contribution is -2.43. The van der Waals surface area contributed by atoms with Crippen LogP contribution in [0.15, 0.2) is 67.0 Å². The van der Waals surface area contributed by atoms with Crippen LogP contribution in [0.25, 0.3) is 10.9 Å². The van der Waals surface area contributed by atoms with Crippen molar-refractivity contribution >= 4 is 16.8 Å². The van der Waals surface area contributed by atoms with Gasteiger partial charge in [-0.2, -0.15) is 0 Å². The van der Waals surface area contributed by atoms with Crippen LogP contribution in [0.3, 0.4) is 0 Å². The third-order valence-electron chi connectivity index (χ3n) is 6.46. The summed E-state index contributed by atoms with van der Waals surface area (Å²) in [6, 6.07) is 16.4. The number of carbonyl (C=O) groups excluding carboxylic acids is 1. The van der Waals surface area contributed by atoms with Crippen molar-refractivity contribution in [2.75, 3.05) is 34.5 Å². The second-order valence-electron chi connectivity index (χ2n) is 8.39. The van der Waals surface area contributed by atoms with Gasteiger partial charge in [0.25, 0.3) is 5.91 Å². The summed E-state index contributed by atoms with van der Waals surface area (Å²) in [6.07, 6.45) is 4.00. The Morgan fingerprint density at radius 2 is 1.67 bits per heavy atom. The number of hydrogen-bond donors (Lipinski definition) is 0. The zero-order chi connectivity index (χ0) is 25.1. The molecule has 8 heteroatoms. The SMILES string of the molecule is COc1ccc(OCC2c3cc(OC)c(OC)cc3CCN2C(=O)c2nccc3ncccc23)cc1. The van der Waals surface area contributed by atoms with Crippen molar-refractivity contribution in [3.8, 4) is 23.0 Å². The molecule has 0 radical (unpaired) electrons. The topological polar surface area (TPSA) is 83.0 Å². The molecule has 3 heterocycles. The smallest absolute Gasteiger partial charge is 0.273 e. The molecule has 1 unspecified atom stereocenters. The van der Waals surface area contributed by atoms with Crippen LogP contribution in [-0.2, 0) is 6.42 Å². The van der Waals surface area contributed by atoms with E-state index in [-0.39, 0.29) is 18.6 Å². The van der Waals surface area contributed by atoms with E-state index in [1.54, 1.807) is 39.8 Å². The Balaban J connectivity index is 1.53. The van der Waals surface area contributed by atoms with E-state index >= 15 is 0 Å². The molecule has 0 N–H and O–H groups in total. The van der Waals surface area contributed by atoms with Gasteiger partial charge in [0.15, 0.2) is 11.5 Å². The summed E-state index contributed by atoms with van der Waals surface area (Å²) in [6.45, 7) is 0.764. The second-order valence-corrected chi connectivity index (χ2v) is 8.39. The fourth-order valence-corrected chi connectivity index (χ4v) is 4.61. The lowest BCUT2D eigenvalue weighted by molar-refractivity contribution is 0.0585. The largest absolute Gasteiger partial charge is 0.497 e. The highest BCUT2D eigenvalue weighted by Crippen LogP contribution is 2.39. The van der Waals surface area contributed by atoms with Crippen molar-refractivity contribution in [2.24, 2.45) is 0 Å². The quantitative estimate of drug-likeness (QED) is 0.382. The maximum atomic E-state index is 13.9. The van der Waals surface area contributed by atoms with Crippen LogP contribution in [0.2, 0.25) is 0 Å². The van der Waals surface area contributed by atoms with Gasteiger partial charge >= 0.3 is 0 Å². The molecule has 5 rings (SSSR count). The molecule has 0 spiro atoms. The summed E-state index contributed by atoms with van der Waals surface area (Å²) in [7, 11) is 4.84. The number of methoxy groups -OCH3 is 3. The number of amides is 1. The highest BCUT2D eigenvalue weighted by molar-refractivity contribution is 6.04. The molecule has 0 aliphatic carbocycles. The number of rotatable bonds is 7. The van der Waals surface area contributed by atoms with Crippen molar-refractivity contribution in [2.45, 2.75) is 12.5 Å². The fourth-order valence-electron chi connectivity index (χ4n) is 4.61. The molecule has 2 aromatic heterocycles. The third kappa shape index (κ3) is 4.37. The minimum absolute atomic E-state index is 0.169. The first-order valence-electron chi connectivity index (χ1n) is 11.6. The monoisotopic (exact) mass is 485 g/mol. The van der Waals surface area contributed by atoms with Gasteiger partial charge in [0.2, 0.25) is 0 Å². The van der Waals surface area contributed by atoms with Crippen LogP contribution in [0.4, 0.5) is 0 Å². The maximum absolute atomic E-state index is 13.9. The van der Waals surface area contributed by atoms with E-state index < -0.39 is 0 Å². The molecule has 1 aliphatic rings. The van der Waals surface area contributed by atoms with E-state index in [4.69, 9.17) is 18.9 Å². The summed E-state index contributed by atoms with van der Waals surface area (Å²) in [5.41, 5.74) is 3.15. The molecule has 1 aliphatic heterocycles. The van der Waals surface area contributed by atoms with Crippen molar-refractivity contribution in [3.63, 3.8) is 0 Å². The van der Waals surface area contributed by atoms with E-state index in [0.717, 1.165) is 27.8 Å². The number of benzene rings is 2. The summed E-state index contributed by atoms with van der Waals surface area (Å²) in [4.78, 5) is 24.6. The van der Waals surface area contributed by atoms with Crippen molar-refractivity contribution in [1.82, 2.24) is 14.9 Å². The van der Waals surface area contributed by atoms with Gasteiger partial charge in [-0.1, -0.05) is 0 Å². The summed E-state index contributed by atoms with van der Waals surface area (Å²) < 4.78 is 22.5. The van der Waals surface area contributed by atoms with Crippen LogP contribution in [-0.4, -0.2) is 55.3 Å². The van der Waals surface area contributed by atoms with Gasteiger partial charge in [-0.15, -0.1) is 0 Å². The number of carbonyl (C=O) groups is 1. The van der Waals surface area contributed by atoms with Gasteiger partial charge in [-0.25, -0.2) is 0 Å². The third-order valence-corrected chi connectivity index (χ3v) is 6.46. The Labute approximate surface area is 209 Å². The highest BCUT2D eigenvalue weighted by atomic mass is 16.5. The molecule has 2 aromatic carbocycles. The lowest BCUT2D eigenvalue weighted by Gasteiger charge is -2.37. The summed E-state index contributed by atoms with van der Waals surface area (Å²) in [5, 5.41) is 0.720. The summed E-state index contributed by atoms with van der Waals surface area (Å²) >= 11 is 0. The van der Waals surface area contributed by atoms with Crippen LogP contribution >= 0.6 is 0 Å². The molecule has 184 valence electrons. The zero-order valence-electron chi connectivity index (χ0n) is 20.4. The molecule has 0 fully saturated rings. The van der Waals surface area contributed by atoms with Crippen LogP contribution < -0.4 is 18.9 Å². The first kappa shape index (κ1) is 23.4. The maximum Gasteiger partial charge on any atom is 0.273 e. The summed E-state index contributed by atoms with van der Waals surface area (Å²) in [5.74, 6) is 2.52. The van der Waals surface area contributed by atoms with E-state index in [9.17, 15) is 4.79 Å². The number of pyridine rings is 2. The number of aromatic nitrogens is 2. The Morgan fingerprint density at radius 3 is 2.42 bits per heavy atom. The van der Waals surface area contributed by atoms with Gasteiger partial charge in [-0.3, -0.25) is 14.8 Å². The van der Waals surface area contributed by atoms with Crippen molar-refractivity contribution < 1.29 is 23.7 Å². The Hall–Kier alpha value is -4.33. The Kier molecular flexibility index (Phi) is 6.58. The predicted molar refractivity (Wildman–Crippen MR) is 135 cm³/mol. The average molecular weight is 486 g/mol.